The summed E-state index contributed by atoms with van der Waals surface area (Å²) in [6, 6.07) is 7.07. The Bertz CT molecular complexity index is 984. The van der Waals surface area contributed by atoms with Gasteiger partial charge in [0.05, 0.1) is 6.10 Å². The van der Waals surface area contributed by atoms with Gasteiger partial charge in [0.25, 0.3) is 0 Å². The number of likely N-dealkylation sites (tertiary alicyclic amines) is 1. The second-order valence-corrected chi connectivity index (χ2v) is 13.5. The molecule has 1 saturated heterocycles. The van der Waals surface area contributed by atoms with Crippen molar-refractivity contribution >= 4 is 36.6 Å². The van der Waals surface area contributed by atoms with Gasteiger partial charge in [-0.2, -0.15) is 0 Å². The Morgan fingerprint density at radius 1 is 1.02 bits per heavy atom. The third-order valence-electron chi connectivity index (χ3n) is 9.36. The van der Waals surface area contributed by atoms with Crippen LogP contribution < -0.4 is 16.8 Å². The van der Waals surface area contributed by atoms with Crippen molar-refractivity contribution in [2.24, 2.45) is 35.1 Å². The number of amides is 2. The number of methoxy groups -OCH3 is 1. The van der Waals surface area contributed by atoms with Crippen LogP contribution in [0.15, 0.2) is 24.3 Å². The fraction of sp³-hybridized carbons (Fsp3) is 0.771. The lowest BCUT2D eigenvalue weighted by Gasteiger charge is -2.42. The number of unbranched alkanes of at least 4 members (excludes halogenated alkanes) is 2. The van der Waals surface area contributed by atoms with E-state index in [1.807, 2.05) is 26.0 Å². The molecule has 2 rings (SSSR count). The van der Waals surface area contributed by atoms with Crippen LogP contribution in [0.2, 0.25) is 0 Å². The normalized spacial score (nSPS) is 19.3. The Morgan fingerprint density at radius 2 is 1.67 bits per heavy atom. The molecule has 2 amide bonds. The van der Waals surface area contributed by atoms with E-state index >= 15 is 0 Å². The number of hydrogen-bond donors (Lipinski definition) is 4. The minimum atomic E-state index is -0.769. The smallest absolute Gasteiger partial charge is 0.248 e. The van der Waals surface area contributed by atoms with Gasteiger partial charge >= 0.3 is 0 Å². The SMILES string of the molecule is CCCCNC(=O)C(CC(O)C(N)CC(CC1(OCCCCOC)CCCN1Cc1ccc(C(N)=O)cc1)C(C)C)C(C)C.Cl.Cl. The van der Waals surface area contributed by atoms with Crippen LogP contribution in [0.3, 0.4) is 0 Å². The topological polar surface area (TPSA) is 140 Å². The number of aliphatic hydroxyl groups is 1. The second kappa shape index (κ2) is 23.0. The maximum atomic E-state index is 12.9. The van der Waals surface area contributed by atoms with Crippen molar-refractivity contribution in [2.45, 2.75) is 117 Å². The molecular weight excluding hydrogens is 627 g/mol. The number of rotatable bonds is 22. The lowest BCUT2D eigenvalue weighted by molar-refractivity contribution is -0.156. The molecule has 1 heterocycles. The van der Waals surface area contributed by atoms with Gasteiger partial charge in [-0.25, -0.2) is 0 Å². The third kappa shape index (κ3) is 14.3. The lowest BCUT2D eigenvalue weighted by Crippen LogP contribution is -2.49. The Morgan fingerprint density at radius 3 is 2.24 bits per heavy atom. The summed E-state index contributed by atoms with van der Waals surface area (Å²) in [5, 5.41) is 14.3. The molecule has 0 spiro atoms. The number of nitrogens with two attached hydrogens (primary N) is 2. The number of nitrogens with one attached hydrogen (secondary N) is 1. The largest absolute Gasteiger partial charge is 0.391 e. The van der Waals surface area contributed by atoms with Gasteiger partial charge in [-0.3, -0.25) is 14.5 Å². The fourth-order valence-electron chi connectivity index (χ4n) is 6.33. The molecule has 9 nitrogen and oxygen atoms in total. The molecular formula is C35H64Cl2N4O5. The van der Waals surface area contributed by atoms with Crippen LogP contribution in [0.1, 0.15) is 108 Å². The minimum Gasteiger partial charge on any atom is -0.391 e. The monoisotopic (exact) mass is 690 g/mol. The summed E-state index contributed by atoms with van der Waals surface area (Å²) in [5.74, 6) is -0.0465. The first kappa shape index (κ1) is 44.5. The first-order valence-corrected chi connectivity index (χ1v) is 16.9. The van der Waals surface area contributed by atoms with E-state index in [-0.39, 0.29) is 48.5 Å². The van der Waals surface area contributed by atoms with E-state index in [9.17, 15) is 14.7 Å². The van der Waals surface area contributed by atoms with Crippen LogP contribution in [0.5, 0.6) is 0 Å². The molecule has 1 aromatic carbocycles. The number of carbonyl (C=O) groups excluding carboxylic acids is 2. The molecule has 5 unspecified atom stereocenters. The Kier molecular flexibility index (Phi) is 22.3. The second-order valence-electron chi connectivity index (χ2n) is 13.5. The number of halogens is 2. The number of hydrogen-bond acceptors (Lipinski definition) is 7. The zero-order valence-electron chi connectivity index (χ0n) is 29.2. The van der Waals surface area contributed by atoms with Crippen LogP contribution >= 0.6 is 24.8 Å². The molecule has 0 aliphatic carbocycles. The lowest BCUT2D eigenvalue weighted by atomic mass is 9.79. The molecule has 0 saturated carbocycles. The van der Waals surface area contributed by atoms with Gasteiger partial charge < -0.3 is 31.4 Å². The average molecular weight is 692 g/mol. The van der Waals surface area contributed by atoms with Crippen LogP contribution in [0, 0.1) is 23.7 Å². The number of aliphatic hydroxyl groups excluding tert-OH is 1. The van der Waals surface area contributed by atoms with Gasteiger partial charge in [0.2, 0.25) is 11.8 Å². The highest BCUT2D eigenvalue weighted by Gasteiger charge is 2.44. The van der Waals surface area contributed by atoms with E-state index < -0.39 is 23.8 Å². The molecule has 6 N–H and O–H groups in total. The third-order valence-corrected chi connectivity index (χ3v) is 9.36. The van der Waals surface area contributed by atoms with Crippen LogP contribution in [-0.2, 0) is 20.8 Å². The minimum absolute atomic E-state index is 0. The van der Waals surface area contributed by atoms with E-state index in [2.05, 4.69) is 31.0 Å². The average Bonchev–Trinajstić information content (AvgIpc) is 3.36. The maximum Gasteiger partial charge on any atom is 0.248 e. The summed E-state index contributed by atoms with van der Waals surface area (Å²) >= 11 is 0. The van der Waals surface area contributed by atoms with Crippen molar-refractivity contribution in [2.75, 3.05) is 33.4 Å². The van der Waals surface area contributed by atoms with Crippen molar-refractivity contribution in [1.29, 1.82) is 0 Å². The first-order chi connectivity index (χ1) is 20.9. The van der Waals surface area contributed by atoms with Crippen LogP contribution in [0.25, 0.3) is 0 Å². The Hall–Kier alpha value is -1.46. The Labute approximate surface area is 291 Å². The highest BCUT2D eigenvalue weighted by Crippen LogP contribution is 2.41. The van der Waals surface area contributed by atoms with Crippen molar-refractivity contribution < 1.29 is 24.2 Å². The molecule has 11 heteroatoms. The van der Waals surface area contributed by atoms with Gasteiger partial charge in [0.1, 0.15) is 5.72 Å². The molecule has 1 aromatic rings. The van der Waals surface area contributed by atoms with Gasteiger partial charge in [0, 0.05) is 57.5 Å². The van der Waals surface area contributed by atoms with Gasteiger partial charge in [-0.1, -0.05) is 53.2 Å². The molecule has 5 atom stereocenters. The number of benzene rings is 1. The number of primary amides is 1. The Balaban J connectivity index is 0.0000101. The van der Waals surface area contributed by atoms with Crippen LogP contribution in [0.4, 0.5) is 0 Å². The molecule has 1 aliphatic heterocycles. The molecule has 0 radical (unpaired) electrons. The van der Waals surface area contributed by atoms with Crippen molar-refractivity contribution in [3.8, 4) is 0 Å². The van der Waals surface area contributed by atoms with Crippen molar-refractivity contribution in [3.63, 3.8) is 0 Å². The van der Waals surface area contributed by atoms with E-state index in [1.165, 1.54) is 0 Å². The van der Waals surface area contributed by atoms with Gasteiger partial charge in [-0.05, 0) is 86.8 Å². The standard InChI is InChI=1S/C35H62N4O5.2ClH/c1-7-8-17-38-34(42)30(26(4)5)22-32(40)31(36)21-29(25(2)3)23-35(44-20-10-9-19-43-6)16-11-18-39(35)24-27-12-14-28(15-13-27)33(37)41;;/h12-15,25-26,29-32,40H,7-11,16-24,36H2,1-6H3,(H2,37,41)(H,38,42);2*1H. The summed E-state index contributed by atoms with van der Waals surface area (Å²) in [5.41, 5.74) is 13.3. The molecule has 268 valence electrons. The van der Waals surface area contributed by atoms with Crippen molar-refractivity contribution in [3.05, 3.63) is 35.4 Å². The zero-order valence-corrected chi connectivity index (χ0v) is 30.8. The molecule has 46 heavy (non-hydrogen) atoms. The molecule has 1 fully saturated rings. The predicted molar refractivity (Wildman–Crippen MR) is 191 cm³/mol. The highest BCUT2D eigenvalue weighted by molar-refractivity contribution is 5.92. The summed E-state index contributed by atoms with van der Waals surface area (Å²) < 4.78 is 12.1. The fourth-order valence-corrected chi connectivity index (χ4v) is 6.33. The summed E-state index contributed by atoms with van der Waals surface area (Å²) in [7, 11) is 1.72. The van der Waals surface area contributed by atoms with Gasteiger partial charge in [0.15, 0.2) is 0 Å². The number of carbonyl (C=O) groups is 2. The quantitative estimate of drug-likeness (QED) is 0.115. The number of ether oxygens (including phenoxy) is 2. The van der Waals surface area contributed by atoms with E-state index in [0.29, 0.717) is 50.6 Å². The molecule has 0 aromatic heterocycles. The van der Waals surface area contributed by atoms with Gasteiger partial charge in [-0.15, -0.1) is 24.8 Å². The molecule has 1 aliphatic rings. The maximum absolute atomic E-state index is 12.9. The highest BCUT2D eigenvalue weighted by atomic mass is 35.5. The van der Waals surface area contributed by atoms with E-state index in [4.69, 9.17) is 20.9 Å². The first-order valence-electron chi connectivity index (χ1n) is 16.9. The van der Waals surface area contributed by atoms with Crippen molar-refractivity contribution in [1.82, 2.24) is 10.2 Å². The predicted octanol–water partition coefficient (Wildman–Crippen LogP) is 5.68. The van der Waals surface area contributed by atoms with Crippen LogP contribution in [-0.4, -0.2) is 73.1 Å². The number of nitrogens with zero attached hydrogens (tertiary/aromatic N) is 1. The zero-order chi connectivity index (χ0) is 32.7. The summed E-state index contributed by atoms with van der Waals surface area (Å²) in [6.07, 6.45) is 6.81. The summed E-state index contributed by atoms with van der Waals surface area (Å²) in [6.45, 7) is 14.2. The van der Waals surface area contributed by atoms with E-state index in [0.717, 1.165) is 57.1 Å². The summed E-state index contributed by atoms with van der Waals surface area (Å²) in [4.78, 5) is 26.9. The molecule has 0 bridgehead atoms. The van der Waals surface area contributed by atoms with E-state index in [1.54, 1.807) is 19.2 Å².